The van der Waals surface area contributed by atoms with Crippen LogP contribution in [0.5, 0.6) is 5.75 Å². The number of nitrogens with one attached hydrogen (secondary N) is 1. The summed E-state index contributed by atoms with van der Waals surface area (Å²) in [5.41, 5.74) is 5.73. The van der Waals surface area contributed by atoms with Gasteiger partial charge in [-0.25, -0.2) is 4.98 Å². The van der Waals surface area contributed by atoms with E-state index in [2.05, 4.69) is 20.4 Å². The van der Waals surface area contributed by atoms with Gasteiger partial charge in [0, 0.05) is 0 Å². The summed E-state index contributed by atoms with van der Waals surface area (Å²) in [6.07, 6.45) is 0. The molecule has 164 valence electrons. The van der Waals surface area contributed by atoms with E-state index in [0.29, 0.717) is 11.6 Å². The minimum Gasteiger partial charge on any atom is -0.486 e. The fourth-order valence-electron chi connectivity index (χ4n) is 3.24. The van der Waals surface area contributed by atoms with Crippen molar-refractivity contribution < 1.29 is 18.8 Å². The van der Waals surface area contributed by atoms with Crippen LogP contribution in [0.4, 0.5) is 0 Å². The lowest BCUT2D eigenvalue weighted by Crippen LogP contribution is -2.43. The van der Waals surface area contributed by atoms with Crippen molar-refractivity contribution in [3.63, 3.8) is 0 Å². The molecule has 4 rings (SSSR count). The number of rotatable bonds is 8. The van der Waals surface area contributed by atoms with Crippen molar-refractivity contribution in [3.05, 3.63) is 72.1 Å². The first kappa shape index (κ1) is 21.0. The number of benzene rings is 2. The molecule has 32 heavy (non-hydrogen) atoms. The number of nitrogens with zero attached hydrogens (tertiary/aromatic N) is 4. The number of carbonyl (C=O) groups excluding carboxylic acids is 2. The number of amides is 2. The van der Waals surface area contributed by atoms with E-state index in [9.17, 15) is 9.59 Å². The normalized spacial score (nSPS) is 11.4. The van der Waals surface area contributed by atoms with Crippen LogP contribution in [0.2, 0.25) is 0 Å². The van der Waals surface area contributed by atoms with Crippen LogP contribution < -0.4 is 15.8 Å². The minimum atomic E-state index is -0.995. The Kier molecular flexibility index (Phi) is 5.59. The van der Waals surface area contributed by atoms with Gasteiger partial charge in [0.1, 0.15) is 24.7 Å². The third-order valence-electron chi connectivity index (χ3n) is 4.79. The molecule has 4 aromatic rings. The maximum atomic E-state index is 12.9. The molecule has 3 N–H and O–H groups in total. The van der Waals surface area contributed by atoms with Crippen molar-refractivity contribution in [2.45, 2.75) is 32.5 Å². The van der Waals surface area contributed by atoms with Gasteiger partial charge in [-0.1, -0.05) is 35.5 Å². The van der Waals surface area contributed by atoms with Gasteiger partial charge in [0.15, 0.2) is 5.82 Å². The Morgan fingerprint density at radius 3 is 2.53 bits per heavy atom. The summed E-state index contributed by atoms with van der Waals surface area (Å²) in [6, 6.07) is 16.9. The number of hydrogen-bond acceptors (Lipinski definition) is 7. The molecule has 0 saturated heterocycles. The SMILES string of the molecule is CC(C)(NC(=O)Cn1c(COc2ccccc2)nc2ccccc21)c1noc(C(N)=O)n1. The maximum Gasteiger partial charge on any atom is 0.315 e. The molecule has 0 aliphatic carbocycles. The van der Waals surface area contributed by atoms with Gasteiger partial charge in [0.2, 0.25) is 5.91 Å². The van der Waals surface area contributed by atoms with Crippen LogP contribution in [0.3, 0.4) is 0 Å². The first-order chi connectivity index (χ1) is 15.3. The predicted molar refractivity (Wildman–Crippen MR) is 114 cm³/mol. The predicted octanol–water partition coefficient (Wildman–Crippen LogP) is 2.15. The monoisotopic (exact) mass is 434 g/mol. The molecule has 0 atom stereocenters. The Hall–Kier alpha value is -4.21. The van der Waals surface area contributed by atoms with Gasteiger partial charge in [-0.05, 0) is 38.1 Å². The van der Waals surface area contributed by atoms with E-state index < -0.39 is 11.4 Å². The zero-order chi connectivity index (χ0) is 22.7. The zero-order valence-electron chi connectivity index (χ0n) is 17.6. The summed E-state index contributed by atoms with van der Waals surface area (Å²) in [5.74, 6) is 0.00652. The van der Waals surface area contributed by atoms with E-state index in [1.807, 2.05) is 54.6 Å². The second-order valence-electron chi connectivity index (χ2n) is 7.67. The summed E-state index contributed by atoms with van der Waals surface area (Å²) in [6.45, 7) is 3.60. The number of para-hydroxylation sites is 3. The summed E-state index contributed by atoms with van der Waals surface area (Å²) in [5, 5.41) is 6.61. The highest BCUT2D eigenvalue weighted by molar-refractivity contribution is 5.87. The lowest BCUT2D eigenvalue weighted by Gasteiger charge is -2.22. The molecule has 0 fully saturated rings. The van der Waals surface area contributed by atoms with Gasteiger partial charge < -0.3 is 24.9 Å². The molecule has 2 aromatic carbocycles. The Balaban J connectivity index is 1.54. The van der Waals surface area contributed by atoms with Crippen LogP contribution in [0.25, 0.3) is 11.0 Å². The fourth-order valence-corrected chi connectivity index (χ4v) is 3.24. The number of nitrogens with two attached hydrogens (primary N) is 1. The first-order valence-electron chi connectivity index (χ1n) is 9.90. The van der Waals surface area contributed by atoms with Gasteiger partial charge in [-0.3, -0.25) is 9.59 Å². The van der Waals surface area contributed by atoms with E-state index in [0.717, 1.165) is 11.0 Å². The molecule has 0 unspecified atom stereocenters. The van der Waals surface area contributed by atoms with Crippen molar-refractivity contribution in [2.75, 3.05) is 0 Å². The molecule has 2 aromatic heterocycles. The summed E-state index contributed by atoms with van der Waals surface area (Å²) in [4.78, 5) is 32.7. The highest BCUT2D eigenvalue weighted by Gasteiger charge is 2.30. The van der Waals surface area contributed by atoms with E-state index in [4.69, 9.17) is 15.0 Å². The zero-order valence-corrected chi connectivity index (χ0v) is 17.6. The smallest absolute Gasteiger partial charge is 0.315 e. The number of hydrogen-bond donors (Lipinski definition) is 2. The van der Waals surface area contributed by atoms with Crippen LogP contribution >= 0.6 is 0 Å². The van der Waals surface area contributed by atoms with E-state index in [-0.39, 0.29) is 30.8 Å². The van der Waals surface area contributed by atoms with Crippen LogP contribution in [-0.2, 0) is 23.5 Å². The second kappa shape index (κ2) is 8.50. The highest BCUT2D eigenvalue weighted by Crippen LogP contribution is 2.20. The van der Waals surface area contributed by atoms with Gasteiger partial charge in [0.25, 0.3) is 0 Å². The molecule has 0 spiro atoms. The molecule has 0 aliphatic rings. The van der Waals surface area contributed by atoms with Crippen molar-refractivity contribution in [3.8, 4) is 5.75 Å². The van der Waals surface area contributed by atoms with Crippen molar-refractivity contribution in [2.24, 2.45) is 5.73 Å². The van der Waals surface area contributed by atoms with Crippen LogP contribution in [-0.4, -0.2) is 31.5 Å². The summed E-state index contributed by atoms with van der Waals surface area (Å²) < 4.78 is 12.5. The third-order valence-corrected chi connectivity index (χ3v) is 4.79. The molecule has 0 radical (unpaired) electrons. The standard InChI is InChI=1S/C22H22N6O4/c1-22(2,21-25-20(19(23)30)32-27-21)26-18(29)12-28-16-11-7-6-10-15(16)24-17(28)13-31-14-8-4-3-5-9-14/h3-11H,12-13H2,1-2H3,(H2,23,30)(H,26,29). The molecular formula is C22H22N6O4. The molecule has 10 heteroatoms. The number of imidazole rings is 1. The molecule has 2 amide bonds. The average molecular weight is 434 g/mol. The second-order valence-corrected chi connectivity index (χ2v) is 7.67. The molecule has 0 aliphatic heterocycles. The largest absolute Gasteiger partial charge is 0.486 e. The summed E-state index contributed by atoms with van der Waals surface area (Å²) in [7, 11) is 0. The van der Waals surface area contributed by atoms with E-state index >= 15 is 0 Å². The molecule has 10 nitrogen and oxygen atoms in total. The fraction of sp³-hybridized carbons (Fsp3) is 0.227. The first-order valence-corrected chi connectivity index (χ1v) is 9.90. The van der Waals surface area contributed by atoms with Crippen molar-refractivity contribution in [1.82, 2.24) is 25.0 Å². The third kappa shape index (κ3) is 4.43. The Morgan fingerprint density at radius 1 is 1.09 bits per heavy atom. The Bertz CT molecular complexity index is 1260. The number of fused-ring (bicyclic) bond motifs is 1. The maximum absolute atomic E-state index is 12.9. The summed E-state index contributed by atoms with van der Waals surface area (Å²) >= 11 is 0. The van der Waals surface area contributed by atoms with Gasteiger partial charge >= 0.3 is 11.8 Å². The van der Waals surface area contributed by atoms with Crippen LogP contribution in [0, 0.1) is 0 Å². The molecule has 2 heterocycles. The van der Waals surface area contributed by atoms with Crippen LogP contribution in [0.1, 0.15) is 36.2 Å². The molecule has 0 bridgehead atoms. The van der Waals surface area contributed by atoms with Crippen molar-refractivity contribution in [1.29, 1.82) is 0 Å². The minimum absolute atomic E-state index is 0.00203. The molecular weight excluding hydrogens is 412 g/mol. The Morgan fingerprint density at radius 2 is 1.81 bits per heavy atom. The number of ether oxygens (including phenoxy) is 1. The molecule has 0 saturated carbocycles. The Labute approximate surface area is 183 Å². The van der Waals surface area contributed by atoms with E-state index in [1.165, 1.54) is 0 Å². The lowest BCUT2D eigenvalue weighted by molar-refractivity contribution is -0.123. The van der Waals surface area contributed by atoms with Gasteiger partial charge in [-0.15, -0.1) is 0 Å². The average Bonchev–Trinajstić information content (AvgIpc) is 3.39. The van der Waals surface area contributed by atoms with Gasteiger partial charge in [-0.2, -0.15) is 4.98 Å². The van der Waals surface area contributed by atoms with E-state index in [1.54, 1.807) is 18.4 Å². The highest BCUT2D eigenvalue weighted by atomic mass is 16.5. The van der Waals surface area contributed by atoms with Crippen LogP contribution in [0.15, 0.2) is 59.1 Å². The van der Waals surface area contributed by atoms with Gasteiger partial charge in [0.05, 0.1) is 16.6 Å². The number of carbonyl (C=O) groups is 2. The van der Waals surface area contributed by atoms with Crippen molar-refractivity contribution >= 4 is 22.8 Å². The topological polar surface area (TPSA) is 138 Å². The number of aromatic nitrogens is 4. The quantitative estimate of drug-likeness (QED) is 0.433. The number of primary amides is 1. The lowest BCUT2D eigenvalue weighted by atomic mass is 10.1.